The molecule has 1 unspecified atom stereocenters. The predicted molar refractivity (Wildman–Crippen MR) is 69.3 cm³/mol. The average Bonchev–Trinajstić information content (AvgIpc) is 2.86. The lowest BCUT2D eigenvalue weighted by Crippen LogP contribution is -2.57. The van der Waals surface area contributed by atoms with Crippen molar-refractivity contribution in [2.45, 2.75) is 50.1 Å². The van der Waals surface area contributed by atoms with E-state index in [-0.39, 0.29) is 12.1 Å². The second-order valence-corrected chi connectivity index (χ2v) is 5.77. The first-order valence-corrected chi connectivity index (χ1v) is 6.92. The van der Waals surface area contributed by atoms with Crippen LogP contribution in [0.5, 0.6) is 0 Å². The van der Waals surface area contributed by atoms with Crippen LogP contribution in [0.25, 0.3) is 0 Å². The summed E-state index contributed by atoms with van der Waals surface area (Å²) in [4.78, 5) is 12.1. The lowest BCUT2D eigenvalue weighted by molar-refractivity contribution is -0.133. The Kier molecular flexibility index (Phi) is 4.32. The SMILES string of the molecule is O=C(CO)[C@]12CCC[C@@]1(CCCB(O)O)C(O)CN2. The highest BCUT2D eigenvalue weighted by Crippen LogP contribution is 2.55. The normalized spacial score (nSPS) is 37.4. The van der Waals surface area contributed by atoms with Crippen LogP contribution in [-0.4, -0.2) is 58.0 Å². The Morgan fingerprint density at radius 1 is 1.37 bits per heavy atom. The summed E-state index contributed by atoms with van der Waals surface area (Å²) in [6.07, 6.45) is 2.90. The number of nitrogens with one attached hydrogen (secondary N) is 1. The van der Waals surface area contributed by atoms with E-state index in [1.807, 2.05) is 0 Å². The van der Waals surface area contributed by atoms with Gasteiger partial charge in [0, 0.05) is 12.0 Å². The summed E-state index contributed by atoms with van der Waals surface area (Å²) in [6.45, 7) is -0.169. The standard InChI is InChI=1S/C12H22BNO5/c15-8-10(17)12-5-1-3-11(12,9(16)7-14-12)4-2-6-13(18)19/h9,14-16,18-19H,1-8H2/t9?,11-,12-/m1/s1. The molecule has 0 aromatic heterocycles. The maximum absolute atomic E-state index is 12.1. The molecule has 2 fully saturated rings. The lowest BCUT2D eigenvalue weighted by atomic mass is 9.65. The van der Waals surface area contributed by atoms with Gasteiger partial charge in [0.15, 0.2) is 5.78 Å². The number of aliphatic hydroxyl groups excluding tert-OH is 2. The average molecular weight is 271 g/mol. The second kappa shape index (κ2) is 5.50. The Morgan fingerprint density at radius 3 is 2.74 bits per heavy atom. The van der Waals surface area contributed by atoms with Crippen LogP contribution in [0.1, 0.15) is 32.1 Å². The third-order valence-electron chi connectivity index (χ3n) is 4.96. The van der Waals surface area contributed by atoms with E-state index in [1.54, 1.807) is 0 Å². The van der Waals surface area contributed by atoms with Gasteiger partial charge in [0.2, 0.25) is 0 Å². The highest BCUT2D eigenvalue weighted by Gasteiger charge is 2.64. The number of β-amino-alcohol motifs (C(OH)–C–C–N with tert-alkyl or cyclic N) is 1. The molecule has 0 amide bonds. The van der Waals surface area contributed by atoms with Crippen LogP contribution in [0.3, 0.4) is 0 Å². The number of fused-ring (bicyclic) bond motifs is 1. The summed E-state index contributed by atoms with van der Waals surface area (Å²) in [6, 6.07) is 0. The van der Waals surface area contributed by atoms with Gasteiger partial charge >= 0.3 is 7.12 Å². The number of hydrogen-bond donors (Lipinski definition) is 5. The Bertz CT molecular complexity index is 353. The minimum atomic E-state index is -1.35. The van der Waals surface area contributed by atoms with Gasteiger partial charge in [-0.3, -0.25) is 4.79 Å². The fourth-order valence-corrected chi connectivity index (χ4v) is 4.07. The van der Waals surface area contributed by atoms with E-state index >= 15 is 0 Å². The van der Waals surface area contributed by atoms with Crippen molar-refractivity contribution in [2.75, 3.05) is 13.2 Å². The third kappa shape index (κ3) is 2.23. The smallest absolute Gasteiger partial charge is 0.427 e. The van der Waals surface area contributed by atoms with Gasteiger partial charge < -0.3 is 25.6 Å². The van der Waals surface area contributed by atoms with E-state index in [9.17, 15) is 15.0 Å². The van der Waals surface area contributed by atoms with Crippen LogP contribution in [0.15, 0.2) is 0 Å². The van der Waals surface area contributed by atoms with Crippen LogP contribution < -0.4 is 5.32 Å². The lowest BCUT2D eigenvalue weighted by Gasteiger charge is -2.40. The Hall–Kier alpha value is -0.465. The van der Waals surface area contributed by atoms with E-state index in [2.05, 4.69) is 5.32 Å². The van der Waals surface area contributed by atoms with Crippen LogP contribution >= 0.6 is 0 Å². The van der Waals surface area contributed by atoms with Crippen molar-refractivity contribution >= 4 is 12.9 Å². The maximum atomic E-state index is 12.1. The number of carbonyl (C=O) groups excluding carboxylic acids is 1. The number of carbonyl (C=O) groups is 1. The molecule has 7 heteroatoms. The van der Waals surface area contributed by atoms with Crippen LogP contribution in [0, 0.1) is 5.41 Å². The molecule has 1 saturated carbocycles. The number of Topliss-reactive ketones (excluding diaryl/α,β-unsaturated/α-hetero) is 1. The summed E-state index contributed by atoms with van der Waals surface area (Å²) >= 11 is 0. The van der Waals surface area contributed by atoms with Gasteiger partial charge in [-0.15, -0.1) is 0 Å². The van der Waals surface area contributed by atoms with E-state index in [0.717, 1.165) is 12.8 Å². The van der Waals surface area contributed by atoms with E-state index in [4.69, 9.17) is 10.0 Å². The molecule has 0 aromatic rings. The first-order valence-electron chi connectivity index (χ1n) is 6.92. The summed E-state index contributed by atoms with van der Waals surface area (Å²) < 4.78 is 0. The van der Waals surface area contributed by atoms with Crippen molar-refractivity contribution in [3.8, 4) is 0 Å². The zero-order valence-corrected chi connectivity index (χ0v) is 11.0. The van der Waals surface area contributed by atoms with E-state index in [0.29, 0.717) is 25.8 Å². The molecule has 1 heterocycles. The number of ketones is 1. The van der Waals surface area contributed by atoms with Gasteiger partial charge in [0.25, 0.3) is 0 Å². The molecule has 1 saturated heterocycles. The molecular weight excluding hydrogens is 249 g/mol. The minimum Gasteiger partial charge on any atom is -0.427 e. The molecule has 0 aromatic carbocycles. The van der Waals surface area contributed by atoms with Crippen molar-refractivity contribution in [1.82, 2.24) is 5.32 Å². The highest BCUT2D eigenvalue weighted by molar-refractivity contribution is 6.40. The maximum Gasteiger partial charge on any atom is 0.451 e. The molecule has 5 N–H and O–H groups in total. The van der Waals surface area contributed by atoms with Crippen molar-refractivity contribution in [3.05, 3.63) is 0 Å². The predicted octanol–water partition coefficient (Wildman–Crippen LogP) is -1.33. The molecule has 2 rings (SSSR count). The number of hydrogen-bond acceptors (Lipinski definition) is 6. The molecule has 1 aliphatic carbocycles. The molecule has 0 bridgehead atoms. The van der Waals surface area contributed by atoms with Crippen molar-refractivity contribution < 1.29 is 25.1 Å². The minimum absolute atomic E-state index is 0.234. The number of rotatable bonds is 6. The van der Waals surface area contributed by atoms with Gasteiger partial charge in [0.05, 0.1) is 11.6 Å². The van der Waals surface area contributed by atoms with Gasteiger partial charge in [-0.1, -0.05) is 12.8 Å². The molecule has 0 spiro atoms. The van der Waals surface area contributed by atoms with E-state index < -0.39 is 30.8 Å². The third-order valence-corrected chi connectivity index (χ3v) is 4.96. The highest BCUT2D eigenvalue weighted by atomic mass is 16.4. The topological polar surface area (TPSA) is 110 Å². The second-order valence-electron chi connectivity index (χ2n) is 5.77. The Morgan fingerprint density at radius 2 is 2.11 bits per heavy atom. The number of aliphatic hydroxyl groups is 2. The molecule has 2 aliphatic rings. The van der Waals surface area contributed by atoms with Gasteiger partial charge in [-0.25, -0.2) is 0 Å². The fraction of sp³-hybridized carbons (Fsp3) is 0.917. The molecule has 6 nitrogen and oxygen atoms in total. The molecule has 1 aliphatic heterocycles. The fourth-order valence-electron chi connectivity index (χ4n) is 4.07. The van der Waals surface area contributed by atoms with E-state index in [1.165, 1.54) is 0 Å². The summed E-state index contributed by atoms with van der Waals surface area (Å²) in [5.41, 5.74) is -1.40. The van der Waals surface area contributed by atoms with Gasteiger partial charge in [0.1, 0.15) is 6.61 Å². The summed E-state index contributed by atoms with van der Waals surface area (Å²) in [7, 11) is -1.35. The largest absolute Gasteiger partial charge is 0.451 e. The molecule has 108 valence electrons. The van der Waals surface area contributed by atoms with Crippen LogP contribution in [0.2, 0.25) is 6.32 Å². The Labute approximate surface area is 113 Å². The molecular formula is C12H22BNO5. The van der Waals surface area contributed by atoms with Gasteiger partial charge in [-0.2, -0.15) is 0 Å². The van der Waals surface area contributed by atoms with Gasteiger partial charge in [-0.05, 0) is 25.6 Å². The first-order chi connectivity index (χ1) is 8.98. The Balaban J connectivity index is 2.19. The van der Waals surface area contributed by atoms with Crippen molar-refractivity contribution in [2.24, 2.45) is 5.41 Å². The monoisotopic (exact) mass is 271 g/mol. The van der Waals surface area contributed by atoms with Crippen LogP contribution in [-0.2, 0) is 4.79 Å². The summed E-state index contributed by atoms with van der Waals surface area (Å²) in [5, 5.41) is 40.5. The zero-order valence-electron chi connectivity index (χ0n) is 11.0. The quantitative estimate of drug-likeness (QED) is 0.383. The molecule has 19 heavy (non-hydrogen) atoms. The van der Waals surface area contributed by atoms with Crippen molar-refractivity contribution in [3.63, 3.8) is 0 Å². The molecule has 0 radical (unpaired) electrons. The van der Waals surface area contributed by atoms with Crippen LogP contribution in [0.4, 0.5) is 0 Å². The first kappa shape index (κ1) is 14.9. The van der Waals surface area contributed by atoms with Crippen molar-refractivity contribution in [1.29, 1.82) is 0 Å². The zero-order chi connectivity index (χ0) is 14.1. The molecule has 3 atom stereocenters. The summed E-state index contributed by atoms with van der Waals surface area (Å²) in [5.74, 6) is -0.258.